The Morgan fingerprint density at radius 2 is 1.50 bits per heavy atom. The second-order valence-corrected chi connectivity index (χ2v) is 7.49. The second kappa shape index (κ2) is 7.61. The summed E-state index contributed by atoms with van der Waals surface area (Å²) in [7, 11) is 6.25. The lowest BCUT2D eigenvalue weighted by atomic mass is 10.2. The minimum Gasteiger partial charge on any atom is -0.339 e. The summed E-state index contributed by atoms with van der Waals surface area (Å²) >= 11 is 0. The fourth-order valence-corrected chi connectivity index (χ4v) is 3.18. The number of fused-ring (bicyclic) bond motifs is 2. The molecule has 4 heterocycles. The zero-order valence-electron chi connectivity index (χ0n) is 17.7. The van der Waals surface area contributed by atoms with Crippen LogP contribution in [0.1, 0.15) is 13.8 Å². The number of hydrogen-bond donors (Lipinski definition) is 1. The van der Waals surface area contributed by atoms with Crippen LogP contribution in [0.15, 0.2) is 31.8 Å². The summed E-state index contributed by atoms with van der Waals surface area (Å²) in [6.45, 7) is 4.57. The Balaban J connectivity index is 0.000000172. The molecule has 0 fully saturated rings. The van der Waals surface area contributed by atoms with E-state index in [1.165, 1.54) is 35.9 Å². The fraction of sp³-hybridized carbons (Fsp3) is 0.444. The van der Waals surface area contributed by atoms with E-state index in [2.05, 4.69) is 15.0 Å². The molecule has 0 bridgehead atoms. The summed E-state index contributed by atoms with van der Waals surface area (Å²) < 4.78 is 6.67. The first-order valence-corrected chi connectivity index (χ1v) is 9.26. The lowest BCUT2D eigenvalue weighted by Gasteiger charge is -2.10. The molecule has 4 aromatic heterocycles. The highest BCUT2D eigenvalue weighted by Crippen LogP contribution is 2.04. The van der Waals surface area contributed by atoms with Gasteiger partial charge in [-0.25, -0.2) is 19.6 Å². The maximum Gasteiger partial charge on any atom is 0.332 e. The number of imidazole rings is 2. The van der Waals surface area contributed by atoms with Crippen molar-refractivity contribution in [2.24, 2.45) is 34.1 Å². The molecule has 1 N–H and O–H groups in total. The first-order chi connectivity index (χ1) is 14.1. The van der Waals surface area contributed by atoms with Gasteiger partial charge in [0.05, 0.1) is 12.7 Å². The van der Waals surface area contributed by atoms with E-state index in [4.69, 9.17) is 0 Å². The molecule has 4 aromatic rings. The molecule has 160 valence electrons. The third-order valence-electron chi connectivity index (χ3n) is 4.78. The van der Waals surface area contributed by atoms with Crippen LogP contribution < -0.4 is 22.5 Å². The number of rotatable bonds is 2. The molecule has 0 unspecified atom stereocenters. The van der Waals surface area contributed by atoms with Crippen molar-refractivity contribution in [2.45, 2.75) is 20.4 Å². The van der Waals surface area contributed by atoms with Crippen molar-refractivity contribution in [3.8, 4) is 0 Å². The van der Waals surface area contributed by atoms with Gasteiger partial charge in [-0.3, -0.25) is 27.9 Å². The van der Waals surface area contributed by atoms with Crippen LogP contribution in [0, 0.1) is 5.92 Å². The summed E-state index contributed by atoms with van der Waals surface area (Å²) in [5.41, 5.74) is 0.333. The van der Waals surface area contributed by atoms with Gasteiger partial charge in [-0.05, 0) is 5.92 Å². The second-order valence-electron chi connectivity index (χ2n) is 7.49. The van der Waals surface area contributed by atoms with E-state index in [9.17, 15) is 19.2 Å². The third kappa shape index (κ3) is 3.29. The number of hydrogen-bond acceptors (Lipinski definition) is 6. The summed E-state index contributed by atoms with van der Waals surface area (Å²) in [6, 6.07) is 0. The molecule has 0 atom stereocenters. The zero-order valence-corrected chi connectivity index (χ0v) is 17.7. The van der Waals surface area contributed by atoms with Crippen molar-refractivity contribution in [2.75, 3.05) is 0 Å². The van der Waals surface area contributed by atoms with E-state index in [0.717, 1.165) is 9.13 Å². The van der Waals surface area contributed by atoms with Gasteiger partial charge in [0.2, 0.25) is 0 Å². The Bertz CT molecular complexity index is 1470. The van der Waals surface area contributed by atoms with Crippen molar-refractivity contribution in [1.82, 2.24) is 37.8 Å². The van der Waals surface area contributed by atoms with Crippen LogP contribution >= 0.6 is 0 Å². The van der Waals surface area contributed by atoms with Gasteiger partial charge in [0.15, 0.2) is 16.8 Å². The number of nitrogens with zero attached hydrogens (tertiary/aromatic N) is 7. The fourth-order valence-electron chi connectivity index (χ4n) is 3.18. The monoisotopic (exact) mass is 416 g/mol. The summed E-state index contributed by atoms with van der Waals surface area (Å²) in [5, 5.41) is 0. The molecule has 4 rings (SSSR count). The van der Waals surface area contributed by atoms with Crippen LogP contribution in [0.2, 0.25) is 0 Å². The van der Waals surface area contributed by atoms with Crippen molar-refractivity contribution >= 4 is 22.3 Å². The molecule has 0 spiro atoms. The number of nitrogens with one attached hydrogen (secondary N) is 1. The van der Waals surface area contributed by atoms with Gasteiger partial charge in [0.25, 0.3) is 11.1 Å². The summed E-state index contributed by atoms with van der Waals surface area (Å²) in [6.07, 6.45) is 2.95. The van der Waals surface area contributed by atoms with Gasteiger partial charge in [0.1, 0.15) is 5.52 Å². The number of aromatic nitrogens is 8. The predicted octanol–water partition coefficient (Wildman–Crippen LogP) is -0.950. The van der Waals surface area contributed by atoms with Crippen LogP contribution in [-0.2, 0) is 34.7 Å². The van der Waals surface area contributed by atoms with Crippen molar-refractivity contribution in [1.29, 1.82) is 0 Å². The van der Waals surface area contributed by atoms with Gasteiger partial charge < -0.3 is 9.55 Å². The zero-order chi connectivity index (χ0) is 22.3. The maximum absolute atomic E-state index is 11.9. The van der Waals surface area contributed by atoms with Gasteiger partial charge in [-0.15, -0.1) is 0 Å². The lowest BCUT2D eigenvalue weighted by Crippen LogP contribution is -2.38. The average molecular weight is 416 g/mol. The normalized spacial score (nSPS) is 11.3. The highest BCUT2D eigenvalue weighted by molar-refractivity contribution is 5.70. The molecule has 0 aliphatic carbocycles. The van der Waals surface area contributed by atoms with E-state index in [0.29, 0.717) is 34.8 Å². The molecule has 0 amide bonds. The smallest absolute Gasteiger partial charge is 0.332 e. The standard InChI is InChI=1S/C10H14N4O2.C8H10N4O2/c1-6(2)4-14-8-7(11-5-12-8)9(15)13(3)10(14)16;1-10-4-9-6-5(10)7(13)12(3)8(14)11(6)2/h5-6H,4H2,1-3H3,(H,11,12);4H,1-3H3. The molecule has 12 nitrogen and oxygen atoms in total. The first-order valence-electron chi connectivity index (χ1n) is 9.26. The van der Waals surface area contributed by atoms with Gasteiger partial charge in [-0.2, -0.15) is 0 Å². The Labute approximate surface area is 169 Å². The molecule has 12 heteroatoms. The van der Waals surface area contributed by atoms with Gasteiger partial charge >= 0.3 is 11.4 Å². The lowest BCUT2D eigenvalue weighted by molar-refractivity contribution is 0.500. The van der Waals surface area contributed by atoms with E-state index >= 15 is 0 Å². The summed E-state index contributed by atoms with van der Waals surface area (Å²) in [4.78, 5) is 57.6. The van der Waals surface area contributed by atoms with Crippen LogP contribution in [0.3, 0.4) is 0 Å². The van der Waals surface area contributed by atoms with Gasteiger partial charge in [0, 0.05) is 34.7 Å². The van der Waals surface area contributed by atoms with Crippen LogP contribution in [0.4, 0.5) is 0 Å². The van der Waals surface area contributed by atoms with E-state index in [1.54, 1.807) is 18.7 Å². The van der Waals surface area contributed by atoms with E-state index in [1.807, 2.05) is 13.8 Å². The molecule has 30 heavy (non-hydrogen) atoms. The van der Waals surface area contributed by atoms with Crippen molar-refractivity contribution < 1.29 is 0 Å². The topological polar surface area (TPSA) is 134 Å². The molecule has 0 radical (unpaired) electrons. The van der Waals surface area contributed by atoms with Crippen LogP contribution in [0.5, 0.6) is 0 Å². The molecule has 0 aromatic carbocycles. The van der Waals surface area contributed by atoms with Crippen LogP contribution in [-0.4, -0.2) is 37.8 Å². The molecule has 0 aliphatic rings. The van der Waals surface area contributed by atoms with Crippen molar-refractivity contribution in [3.63, 3.8) is 0 Å². The highest BCUT2D eigenvalue weighted by Gasteiger charge is 2.13. The Morgan fingerprint density at radius 1 is 0.867 bits per heavy atom. The molecule has 0 aliphatic heterocycles. The quantitative estimate of drug-likeness (QED) is 0.448. The first kappa shape index (κ1) is 21.0. The minimum atomic E-state index is -0.360. The molecular weight excluding hydrogens is 392 g/mol. The highest BCUT2D eigenvalue weighted by atomic mass is 16.2. The largest absolute Gasteiger partial charge is 0.339 e. The van der Waals surface area contributed by atoms with Crippen LogP contribution in [0.25, 0.3) is 22.3 Å². The molecular formula is C18H24N8O4. The Hall–Kier alpha value is -3.70. The number of aromatic amines is 1. The third-order valence-corrected chi connectivity index (χ3v) is 4.78. The predicted molar refractivity (Wildman–Crippen MR) is 112 cm³/mol. The van der Waals surface area contributed by atoms with Gasteiger partial charge in [-0.1, -0.05) is 13.8 Å². The summed E-state index contributed by atoms with van der Waals surface area (Å²) in [5.74, 6) is 0.315. The number of aryl methyl sites for hydroxylation is 2. The minimum absolute atomic E-state index is 0.315. The van der Waals surface area contributed by atoms with E-state index in [-0.39, 0.29) is 22.5 Å². The van der Waals surface area contributed by atoms with Crippen molar-refractivity contribution in [3.05, 3.63) is 54.3 Å². The Kier molecular flexibility index (Phi) is 5.33. The maximum atomic E-state index is 11.9. The molecule has 0 saturated heterocycles. The number of H-pyrrole nitrogens is 1. The Morgan fingerprint density at radius 3 is 2.13 bits per heavy atom. The average Bonchev–Trinajstić information content (AvgIpc) is 3.34. The molecule has 0 saturated carbocycles. The van der Waals surface area contributed by atoms with E-state index < -0.39 is 0 Å². The SMILES string of the molecule is CC(C)Cn1c(=O)n(C)c(=O)c2[nH]cnc21.Cn1c(=O)c2c(ncn2C)n(C)c1=O.